The molecule has 2 aromatic rings. The highest BCUT2D eigenvalue weighted by molar-refractivity contribution is 5.86. The molecular formula is C18H22N2O4. The molecule has 0 bridgehead atoms. The number of hydrogen-bond donors (Lipinski definition) is 1. The Labute approximate surface area is 140 Å². The fourth-order valence-corrected chi connectivity index (χ4v) is 3.84. The number of hydrogen-bond acceptors (Lipinski definition) is 4. The van der Waals surface area contributed by atoms with Crippen LogP contribution in [0, 0.1) is 0 Å². The fourth-order valence-electron chi connectivity index (χ4n) is 3.84. The van der Waals surface area contributed by atoms with Gasteiger partial charge in [0.25, 0.3) is 0 Å². The fraction of sp³-hybridized carbons (Fsp3) is 0.556. The minimum Gasteiger partial charge on any atom is -0.481 e. The molecule has 3 heterocycles. The minimum absolute atomic E-state index is 0.0152. The lowest BCUT2D eigenvalue weighted by Gasteiger charge is -2.33. The molecule has 1 aromatic heterocycles. The third-order valence-corrected chi connectivity index (χ3v) is 5.33. The van der Waals surface area contributed by atoms with E-state index in [0.717, 1.165) is 42.3 Å². The topological polar surface area (TPSA) is 73.6 Å². The van der Waals surface area contributed by atoms with Gasteiger partial charge in [0.2, 0.25) is 0 Å². The first kappa shape index (κ1) is 15.6. The van der Waals surface area contributed by atoms with Crippen LogP contribution in [0.4, 0.5) is 0 Å². The minimum atomic E-state index is -0.851. The Kier molecular flexibility index (Phi) is 4.02. The summed E-state index contributed by atoms with van der Waals surface area (Å²) in [6, 6.07) is 5.89. The average molecular weight is 330 g/mol. The molecule has 2 saturated heterocycles. The van der Waals surface area contributed by atoms with Crippen molar-refractivity contribution in [3.05, 3.63) is 30.0 Å². The molecule has 4 rings (SSSR count). The van der Waals surface area contributed by atoms with Crippen molar-refractivity contribution in [3.63, 3.8) is 0 Å². The van der Waals surface area contributed by atoms with Gasteiger partial charge in [-0.25, -0.2) is 4.68 Å². The lowest BCUT2D eigenvalue weighted by molar-refractivity contribution is -0.147. The zero-order valence-electron chi connectivity index (χ0n) is 13.6. The first-order valence-electron chi connectivity index (χ1n) is 8.61. The predicted octanol–water partition coefficient (Wildman–Crippen LogP) is 2.87. The van der Waals surface area contributed by atoms with Crippen LogP contribution in [0.3, 0.4) is 0 Å². The molecular weight excluding hydrogens is 308 g/mol. The number of ether oxygens (including phenoxy) is 2. The summed E-state index contributed by atoms with van der Waals surface area (Å²) in [5.74, 6) is -0.770. The van der Waals surface area contributed by atoms with Crippen molar-refractivity contribution >= 4 is 16.9 Å². The zero-order valence-corrected chi connectivity index (χ0v) is 13.6. The molecule has 0 radical (unpaired) electrons. The number of nitrogens with zero attached hydrogens (tertiary/aromatic N) is 2. The first-order valence-corrected chi connectivity index (χ1v) is 8.61. The van der Waals surface area contributed by atoms with E-state index in [1.165, 1.54) is 0 Å². The molecule has 2 aliphatic rings. The molecule has 1 atom stereocenters. The molecule has 0 spiro atoms. The van der Waals surface area contributed by atoms with E-state index >= 15 is 0 Å². The van der Waals surface area contributed by atoms with Crippen LogP contribution in [0.5, 0.6) is 0 Å². The van der Waals surface area contributed by atoms with Crippen LogP contribution in [0.2, 0.25) is 0 Å². The Bertz CT molecular complexity index is 743. The van der Waals surface area contributed by atoms with E-state index in [-0.39, 0.29) is 6.23 Å². The average Bonchev–Trinajstić information content (AvgIpc) is 3.06. The van der Waals surface area contributed by atoms with E-state index in [2.05, 4.69) is 5.10 Å². The lowest BCUT2D eigenvalue weighted by Crippen LogP contribution is -2.41. The van der Waals surface area contributed by atoms with Crippen LogP contribution >= 0.6 is 0 Å². The summed E-state index contributed by atoms with van der Waals surface area (Å²) in [6.07, 6.45) is 6.02. The summed E-state index contributed by atoms with van der Waals surface area (Å²) in [5, 5.41) is 15.3. The molecule has 0 saturated carbocycles. The highest BCUT2D eigenvalue weighted by Crippen LogP contribution is 2.37. The summed E-state index contributed by atoms with van der Waals surface area (Å²) >= 11 is 0. The number of carboxylic acids is 1. The maximum absolute atomic E-state index is 12.0. The van der Waals surface area contributed by atoms with Crippen LogP contribution in [-0.4, -0.2) is 40.7 Å². The number of benzene rings is 1. The first-order chi connectivity index (χ1) is 11.7. The van der Waals surface area contributed by atoms with Crippen LogP contribution in [0.15, 0.2) is 24.4 Å². The lowest BCUT2D eigenvalue weighted by atomic mass is 9.74. The molecule has 0 aliphatic carbocycles. The number of rotatable bonds is 3. The van der Waals surface area contributed by atoms with Gasteiger partial charge in [0.15, 0.2) is 6.23 Å². The van der Waals surface area contributed by atoms with Gasteiger partial charge in [-0.3, -0.25) is 4.79 Å². The third kappa shape index (κ3) is 2.50. The maximum Gasteiger partial charge on any atom is 0.314 e. The van der Waals surface area contributed by atoms with Gasteiger partial charge in [0.05, 0.1) is 17.1 Å². The van der Waals surface area contributed by atoms with Gasteiger partial charge < -0.3 is 14.6 Å². The molecule has 6 heteroatoms. The van der Waals surface area contributed by atoms with E-state index in [1.54, 1.807) is 0 Å². The normalized spacial score (nSPS) is 24.1. The van der Waals surface area contributed by atoms with Crippen molar-refractivity contribution in [2.75, 3.05) is 19.8 Å². The van der Waals surface area contributed by atoms with E-state index in [1.807, 2.05) is 29.1 Å². The van der Waals surface area contributed by atoms with Gasteiger partial charge in [0, 0.05) is 25.2 Å². The molecule has 128 valence electrons. The predicted molar refractivity (Wildman–Crippen MR) is 87.9 cm³/mol. The van der Waals surface area contributed by atoms with Gasteiger partial charge in [-0.05, 0) is 49.8 Å². The number of fused-ring (bicyclic) bond motifs is 1. The second-order valence-electron chi connectivity index (χ2n) is 6.68. The highest BCUT2D eigenvalue weighted by atomic mass is 16.5. The Morgan fingerprint density at radius 3 is 2.79 bits per heavy atom. The summed E-state index contributed by atoms with van der Waals surface area (Å²) in [7, 11) is 0. The summed E-state index contributed by atoms with van der Waals surface area (Å²) in [4.78, 5) is 12.0. The molecule has 6 nitrogen and oxygen atoms in total. The third-order valence-electron chi connectivity index (χ3n) is 5.33. The van der Waals surface area contributed by atoms with E-state index in [4.69, 9.17) is 9.47 Å². The molecule has 0 amide bonds. The van der Waals surface area contributed by atoms with Crippen molar-refractivity contribution in [2.24, 2.45) is 0 Å². The van der Waals surface area contributed by atoms with Crippen LogP contribution in [-0.2, 0) is 19.7 Å². The van der Waals surface area contributed by atoms with E-state index in [9.17, 15) is 9.90 Å². The van der Waals surface area contributed by atoms with E-state index in [0.29, 0.717) is 26.1 Å². The SMILES string of the molecule is O=C(O)C1(c2ccc3c(cnn3C3CCCCO3)c2)CCOCC1. The maximum atomic E-state index is 12.0. The van der Waals surface area contributed by atoms with Crippen molar-refractivity contribution in [1.29, 1.82) is 0 Å². The van der Waals surface area contributed by atoms with Crippen molar-refractivity contribution in [2.45, 2.75) is 43.7 Å². The number of carbonyl (C=O) groups is 1. The molecule has 1 N–H and O–H groups in total. The molecule has 24 heavy (non-hydrogen) atoms. The Morgan fingerprint density at radius 2 is 2.08 bits per heavy atom. The van der Waals surface area contributed by atoms with Crippen molar-refractivity contribution in [1.82, 2.24) is 9.78 Å². The Morgan fingerprint density at radius 1 is 1.25 bits per heavy atom. The van der Waals surface area contributed by atoms with Crippen molar-refractivity contribution < 1.29 is 19.4 Å². The Balaban J connectivity index is 1.72. The smallest absolute Gasteiger partial charge is 0.314 e. The van der Waals surface area contributed by atoms with Crippen LogP contribution < -0.4 is 0 Å². The summed E-state index contributed by atoms with van der Waals surface area (Å²) in [5.41, 5.74) is 0.990. The number of aromatic nitrogens is 2. The second-order valence-corrected chi connectivity index (χ2v) is 6.68. The van der Waals surface area contributed by atoms with Gasteiger partial charge in [-0.2, -0.15) is 5.10 Å². The van der Waals surface area contributed by atoms with Crippen LogP contribution in [0.25, 0.3) is 10.9 Å². The molecule has 1 unspecified atom stereocenters. The number of aliphatic carboxylic acids is 1. The monoisotopic (exact) mass is 330 g/mol. The second kappa shape index (κ2) is 6.18. The summed E-state index contributed by atoms with van der Waals surface area (Å²) in [6.45, 7) is 1.74. The van der Waals surface area contributed by atoms with E-state index < -0.39 is 11.4 Å². The standard InChI is InChI=1S/C18H22N2O4/c21-17(22)18(6-9-23-10-7-18)14-4-5-15-13(11-14)12-19-20(15)16-3-1-2-8-24-16/h4-5,11-12,16H,1-3,6-10H2,(H,21,22). The largest absolute Gasteiger partial charge is 0.481 e. The van der Waals surface area contributed by atoms with Gasteiger partial charge in [-0.1, -0.05) is 6.07 Å². The zero-order chi connectivity index (χ0) is 16.6. The van der Waals surface area contributed by atoms with Gasteiger partial charge >= 0.3 is 5.97 Å². The van der Waals surface area contributed by atoms with Gasteiger partial charge in [-0.15, -0.1) is 0 Å². The molecule has 2 aliphatic heterocycles. The summed E-state index contributed by atoms with van der Waals surface area (Å²) < 4.78 is 13.1. The Hall–Kier alpha value is -1.92. The molecule has 1 aromatic carbocycles. The number of carboxylic acid groups (broad SMARTS) is 1. The quantitative estimate of drug-likeness (QED) is 0.937. The van der Waals surface area contributed by atoms with Crippen molar-refractivity contribution in [3.8, 4) is 0 Å². The van der Waals surface area contributed by atoms with Gasteiger partial charge in [0.1, 0.15) is 0 Å². The highest BCUT2D eigenvalue weighted by Gasteiger charge is 2.42. The molecule has 2 fully saturated rings. The van der Waals surface area contributed by atoms with Crippen LogP contribution in [0.1, 0.15) is 43.9 Å².